The van der Waals surface area contributed by atoms with Gasteiger partial charge in [0.2, 0.25) is 0 Å². The van der Waals surface area contributed by atoms with Gasteiger partial charge in [0.25, 0.3) is 5.91 Å². The van der Waals surface area contributed by atoms with Gasteiger partial charge in [-0.25, -0.2) is 9.97 Å². The first-order valence-corrected chi connectivity index (χ1v) is 9.09. The van der Waals surface area contributed by atoms with Crippen LogP contribution in [0.25, 0.3) is 5.69 Å². The fraction of sp³-hybridized carbons (Fsp3) is 0.250. The maximum atomic E-state index is 12.8. The Morgan fingerprint density at radius 2 is 1.59 bits per heavy atom. The number of aromatic nitrogens is 3. The largest absolute Gasteiger partial charge is 0.433 e. The maximum Gasteiger partial charge on any atom is 0.433 e. The molecule has 29 heavy (non-hydrogen) atoms. The van der Waals surface area contributed by atoms with Crippen molar-refractivity contribution in [1.82, 2.24) is 19.4 Å². The molecule has 0 aliphatic carbocycles. The SMILES string of the molecule is O=C(c1ccc(-n2cccc2)cc1)N1CCN(c2cc(C(F)(F)F)ncn2)CC1. The van der Waals surface area contributed by atoms with Crippen molar-refractivity contribution >= 4 is 11.7 Å². The Kier molecular flexibility index (Phi) is 4.96. The highest BCUT2D eigenvalue weighted by molar-refractivity contribution is 5.94. The van der Waals surface area contributed by atoms with Crippen LogP contribution < -0.4 is 4.90 Å². The average molecular weight is 401 g/mol. The van der Waals surface area contributed by atoms with Crippen molar-refractivity contribution in [3.05, 3.63) is 72.4 Å². The van der Waals surface area contributed by atoms with Crippen LogP contribution in [0.15, 0.2) is 61.2 Å². The van der Waals surface area contributed by atoms with E-state index in [2.05, 4.69) is 9.97 Å². The Hall–Kier alpha value is -3.36. The fourth-order valence-electron chi connectivity index (χ4n) is 3.28. The summed E-state index contributed by atoms with van der Waals surface area (Å²) in [6.07, 6.45) is 0.255. The smallest absolute Gasteiger partial charge is 0.353 e. The number of halogens is 3. The average Bonchev–Trinajstić information content (AvgIpc) is 3.28. The first-order valence-electron chi connectivity index (χ1n) is 9.09. The summed E-state index contributed by atoms with van der Waals surface area (Å²) >= 11 is 0. The molecule has 4 rings (SSSR count). The van der Waals surface area contributed by atoms with E-state index in [9.17, 15) is 18.0 Å². The van der Waals surface area contributed by atoms with Gasteiger partial charge in [-0.1, -0.05) is 0 Å². The fourth-order valence-corrected chi connectivity index (χ4v) is 3.28. The molecule has 0 unspecified atom stereocenters. The lowest BCUT2D eigenvalue weighted by molar-refractivity contribution is -0.141. The zero-order valence-electron chi connectivity index (χ0n) is 15.4. The van der Waals surface area contributed by atoms with Crippen LogP contribution in [0.1, 0.15) is 16.1 Å². The number of carbonyl (C=O) groups excluding carboxylic acids is 1. The molecule has 2 aromatic heterocycles. The molecular formula is C20H18F3N5O. The van der Waals surface area contributed by atoms with E-state index in [1.54, 1.807) is 21.9 Å². The van der Waals surface area contributed by atoms with Crippen LogP contribution in [0.4, 0.5) is 19.0 Å². The number of anilines is 1. The maximum absolute atomic E-state index is 12.8. The number of alkyl halides is 3. The molecule has 3 heterocycles. The van der Waals surface area contributed by atoms with Gasteiger partial charge in [-0.05, 0) is 36.4 Å². The number of amides is 1. The molecule has 0 bridgehead atoms. The van der Waals surface area contributed by atoms with E-state index in [0.29, 0.717) is 31.7 Å². The van der Waals surface area contributed by atoms with Gasteiger partial charge in [0.05, 0.1) is 0 Å². The molecule has 0 saturated carbocycles. The second-order valence-corrected chi connectivity index (χ2v) is 6.68. The normalized spacial score (nSPS) is 14.9. The molecule has 1 amide bonds. The lowest BCUT2D eigenvalue weighted by atomic mass is 10.1. The van der Waals surface area contributed by atoms with Crippen LogP contribution in [0.2, 0.25) is 0 Å². The summed E-state index contributed by atoms with van der Waals surface area (Å²) in [5, 5.41) is 0. The van der Waals surface area contributed by atoms with Crippen LogP contribution in [-0.2, 0) is 6.18 Å². The Morgan fingerprint density at radius 1 is 0.931 bits per heavy atom. The van der Waals surface area contributed by atoms with Crippen molar-refractivity contribution in [3.63, 3.8) is 0 Å². The lowest BCUT2D eigenvalue weighted by Crippen LogP contribution is -2.49. The monoisotopic (exact) mass is 401 g/mol. The van der Waals surface area contributed by atoms with E-state index >= 15 is 0 Å². The Morgan fingerprint density at radius 3 is 2.21 bits per heavy atom. The van der Waals surface area contributed by atoms with Gasteiger partial charge >= 0.3 is 6.18 Å². The first kappa shape index (κ1) is 19.0. The molecule has 0 atom stereocenters. The molecule has 1 aromatic carbocycles. The van der Waals surface area contributed by atoms with Crippen molar-refractivity contribution < 1.29 is 18.0 Å². The number of nitrogens with zero attached hydrogens (tertiary/aromatic N) is 5. The molecule has 1 aliphatic rings. The zero-order chi connectivity index (χ0) is 20.4. The number of rotatable bonds is 3. The van der Waals surface area contributed by atoms with Gasteiger partial charge < -0.3 is 14.4 Å². The van der Waals surface area contributed by atoms with Crippen molar-refractivity contribution in [1.29, 1.82) is 0 Å². The summed E-state index contributed by atoms with van der Waals surface area (Å²) in [6, 6.07) is 12.1. The summed E-state index contributed by atoms with van der Waals surface area (Å²) < 4.78 is 40.5. The minimum atomic E-state index is -4.51. The van der Waals surface area contributed by atoms with Gasteiger partial charge in [-0.15, -0.1) is 0 Å². The Balaban J connectivity index is 1.40. The van der Waals surface area contributed by atoms with Crippen molar-refractivity contribution in [2.45, 2.75) is 6.18 Å². The third-order valence-corrected chi connectivity index (χ3v) is 4.85. The Bertz CT molecular complexity index is 978. The van der Waals surface area contributed by atoms with Crippen LogP contribution in [0.5, 0.6) is 0 Å². The van der Waals surface area contributed by atoms with Gasteiger partial charge in [-0.2, -0.15) is 13.2 Å². The van der Waals surface area contributed by atoms with Crippen molar-refractivity contribution in [3.8, 4) is 5.69 Å². The van der Waals surface area contributed by atoms with Gasteiger partial charge in [0.15, 0.2) is 0 Å². The Labute approximate surface area is 165 Å². The molecule has 6 nitrogen and oxygen atoms in total. The lowest BCUT2D eigenvalue weighted by Gasteiger charge is -2.35. The highest BCUT2D eigenvalue weighted by Gasteiger charge is 2.33. The molecular weight excluding hydrogens is 383 g/mol. The highest BCUT2D eigenvalue weighted by atomic mass is 19.4. The summed E-state index contributed by atoms with van der Waals surface area (Å²) in [4.78, 5) is 23.4. The van der Waals surface area contributed by atoms with Gasteiger partial charge in [0, 0.05) is 55.9 Å². The van der Waals surface area contributed by atoms with Crippen LogP contribution in [0, 0.1) is 0 Å². The van der Waals surface area contributed by atoms with E-state index in [1.165, 1.54) is 0 Å². The van der Waals surface area contributed by atoms with Crippen molar-refractivity contribution in [2.24, 2.45) is 0 Å². The summed E-state index contributed by atoms with van der Waals surface area (Å²) in [6.45, 7) is 1.62. The number of piperazine rings is 1. The molecule has 1 saturated heterocycles. The number of carbonyl (C=O) groups is 1. The molecule has 1 fully saturated rings. The minimum absolute atomic E-state index is 0.0950. The number of hydrogen-bond donors (Lipinski definition) is 0. The summed E-state index contributed by atoms with van der Waals surface area (Å²) in [7, 11) is 0. The molecule has 9 heteroatoms. The van der Waals surface area contributed by atoms with Crippen molar-refractivity contribution in [2.75, 3.05) is 31.1 Å². The molecule has 0 spiro atoms. The van der Waals surface area contributed by atoms with E-state index in [-0.39, 0.29) is 11.7 Å². The van der Waals surface area contributed by atoms with Crippen LogP contribution in [-0.4, -0.2) is 51.5 Å². The predicted octanol–water partition coefficient (Wildman–Crippen LogP) is 3.25. The van der Waals surface area contributed by atoms with Gasteiger partial charge in [0.1, 0.15) is 17.8 Å². The van der Waals surface area contributed by atoms with E-state index < -0.39 is 11.9 Å². The van der Waals surface area contributed by atoms with Gasteiger partial charge in [-0.3, -0.25) is 4.79 Å². The van der Waals surface area contributed by atoms with Crippen LogP contribution >= 0.6 is 0 Å². The molecule has 150 valence electrons. The molecule has 1 aliphatic heterocycles. The number of benzene rings is 1. The minimum Gasteiger partial charge on any atom is -0.353 e. The standard InChI is InChI=1S/C20H18F3N5O/c21-20(22,23)17-13-18(25-14-24-17)27-9-11-28(12-10-27)19(29)15-3-5-16(6-4-15)26-7-1-2-8-26/h1-8,13-14H,9-12H2. The predicted molar refractivity (Wildman–Crippen MR) is 101 cm³/mol. The van der Waals surface area contributed by atoms with E-state index in [4.69, 9.17) is 0 Å². The summed E-state index contributed by atoms with van der Waals surface area (Å²) in [5.41, 5.74) is 0.570. The molecule has 0 radical (unpaired) electrons. The molecule has 3 aromatic rings. The number of hydrogen-bond acceptors (Lipinski definition) is 4. The molecule has 0 N–H and O–H groups in total. The highest BCUT2D eigenvalue weighted by Crippen LogP contribution is 2.29. The second-order valence-electron chi connectivity index (χ2n) is 6.68. The third kappa shape index (κ3) is 4.08. The zero-order valence-corrected chi connectivity index (χ0v) is 15.4. The van der Waals surface area contributed by atoms with E-state index in [1.807, 2.05) is 41.2 Å². The summed E-state index contributed by atoms with van der Waals surface area (Å²) in [5.74, 6) is 0.123. The van der Waals surface area contributed by atoms with E-state index in [0.717, 1.165) is 18.1 Å². The third-order valence-electron chi connectivity index (χ3n) is 4.85. The first-order chi connectivity index (χ1) is 13.9. The quantitative estimate of drug-likeness (QED) is 0.676. The van der Waals surface area contributed by atoms with Crippen LogP contribution in [0.3, 0.4) is 0 Å². The topological polar surface area (TPSA) is 54.3 Å². The second kappa shape index (κ2) is 7.57.